The van der Waals surface area contributed by atoms with Gasteiger partial charge in [0.2, 0.25) is 0 Å². The van der Waals surface area contributed by atoms with Crippen molar-refractivity contribution in [3.8, 4) is 5.75 Å². The Balaban J connectivity index is 2.30. The van der Waals surface area contributed by atoms with Gasteiger partial charge in [0, 0.05) is 5.56 Å². The Morgan fingerprint density at radius 3 is 2.94 bits per heavy atom. The minimum Gasteiger partial charge on any atom is -0.496 e. The van der Waals surface area contributed by atoms with Crippen LogP contribution in [0.4, 0.5) is 0 Å². The molecule has 0 aliphatic heterocycles. The number of aliphatic hydroxyl groups excluding tert-OH is 1. The predicted molar refractivity (Wildman–Crippen MR) is 58.0 cm³/mol. The van der Waals surface area contributed by atoms with E-state index in [2.05, 4.69) is 10.1 Å². The van der Waals surface area contributed by atoms with Crippen molar-refractivity contribution in [3.63, 3.8) is 0 Å². The number of aliphatic hydroxyl groups is 1. The second-order valence-corrected chi connectivity index (χ2v) is 3.40. The molecule has 84 valence electrons. The van der Waals surface area contributed by atoms with Gasteiger partial charge in [-0.1, -0.05) is 6.07 Å². The van der Waals surface area contributed by atoms with Gasteiger partial charge in [-0.05, 0) is 17.7 Å². The summed E-state index contributed by atoms with van der Waals surface area (Å²) in [6.07, 6.45) is 3.13. The lowest BCUT2D eigenvalue weighted by molar-refractivity contribution is 0.281. The molecule has 1 aromatic carbocycles. The lowest BCUT2D eigenvalue weighted by Gasteiger charge is -2.09. The Morgan fingerprint density at radius 2 is 2.31 bits per heavy atom. The first kappa shape index (κ1) is 10.6. The van der Waals surface area contributed by atoms with Crippen LogP contribution in [-0.2, 0) is 13.2 Å². The Hall–Kier alpha value is -1.88. The van der Waals surface area contributed by atoms with Gasteiger partial charge < -0.3 is 9.84 Å². The van der Waals surface area contributed by atoms with Crippen molar-refractivity contribution in [1.29, 1.82) is 0 Å². The molecule has 0 bridgehead atoms. The number of nitrogens with zero attached hydrogens (tertiary/aromatic N) is 3. The molecule has 0 saturated carbocycles. The summed E-state index contributed by atoms with van der Waals surface area (Å²) >= 11 is 0. The summed E-state index contributed by atoms with van der Waals surface area (Å²) in [5.41, 5.74) is 1.83. The Labute approximate surface area is 93.3 Å². The van der Waals surface area contributed by atoms with E-state index >= 15 is 0 Å². The standard InChI is InChI=1S/C11H13N3O2/c1-16-11-3-2-9(6-15)4-10(11)5-14-8-12-7-13-14/h2-4,7-8,15H,5-6H2,1H3. The van der Waals surface area contributed by atoms with Crippen LogP contribution >= 0.6 is 0 Å². The maximum absolute atomic E-state index is 9.08. The Bertz CT molecular complexity index is 454. The van der Waals surface area contributed by atoms with E-state index in [9.17, 15) is 0 Å². The lowest BCUT2D eigenvalue weighted by Crippen LogP contribution is -2.03. The van der Waals surface area contributed by atoms with Crippen molar-refractivity contribution in [3.05, 3.63) is 42.0 Å². The Morgan fingerprint density at radius 1 is 1.44 bits per heavy atom. The Kier molecular flexibility index (Phi) is 3.16. The van der Waals surface area contributed by atoms with Gasteiger partial charge in [-0.3, -0.25) is 0 Å². The van der Waals surface area contributed by atoms with Crippen LogP contribution in [-0.4, -0.2) is 27.0 Å². The molecule has 5 heteroatoms. The van der Waals surface area contributed by atoms with Gasteiger partial charge in [-0.25, -0.2) is 9.67 Å². The van der Waals surface area contributed by atoms with Crippen LogP contribution in [0.2, 0.25) is 0 Å². The number of benzene rings is 1. The zero-order valence-electron chi connectivity index (χ0n) is 9.00. The lowest BCUT2D eigenvalue weighted by atomic mass is 10.1. The molecule has 0 aliphatic carbocycles. The average molecular weight is 219 g/mol. The van der Waals surface area contributed by atoms with Crippen LogP contribution in [0.3, 0.4) is 0 Å². The minimum atomic E-state index is 0.0222. The van der Waals surface area contributed by atoms with Gasteiger partial charge in [0.1, 0.15) is 18.4 Å². The second-order valence-electron chi connectivity index (χ2n) is 3.40. The largest absolute Gasteiger partial charge is 0.496 e. The molecule has 0 aliphatic rings. The molecule has 0 amide bonds. The number of hydrogen-bond donors (Lipinski definition) is 1. The number of hydrogen-bond acceptors (Lipinski definition) is 4. The third kappa shape index (κ3) is 2.20. The van der Waals surface area contributed by atoms with Crippen LogP contribution in [0.1, 0.15) is 11.1 Å². The highest BCUT2D eigenvalue weighted by molar-refractivity contribution is 5.37. The van der Waals surface area contributed by atoms with Crippen LogP contribution in [0.25, 0.3) is 0 Å². The fraction of sp³-hybridized carbons (Fsp3) is 0.273. The number of aromatic nitrogens is 3. The van der Waals surface area contributed by atoms with Crippen molar-refractivity contribution in [2.75, 3.05) is 7.11 Å². The zero-order chi connectivity index (χ0) is 11.4. The van der Waals surface area contributed by atoms with E-state index < -0.39 is 0 Å². The summed E-state index contributed by atoms with van der Waals surface area (Å²) in [6, 6.07) is 5.59. The first-order valence-corrected chi connectivity index (χ1v) is 4.92. The molecule has 5 nitrogen and oxygen atoms in total. The van der Waals surface area contributed by atoms with E-state index in [1.54, 1.807) is 18.1 Å². The van der Waals surface area contributed by atoms with E-state index in [1.165, 1.54) is 6.33 Å². The zero-order valence-corrected chi connectivity index (χ0v) is 9.00. The summed E-state index contributed by atoms with van der Waals surface area (Å²) in [5, 5.41) is 13.1. The molecule has 1 aromatic heterocycles. The van der Waals surface area contributed by atoms with Gasteiger partial charge in [0.15, 0.2) is 0 Å². The summed E-state index contributed by atoms with van der Waals surface area (Å²) < 4.78 is 6.96. The van der Waals surface area contributed by atoms with Gasteiger partial charge in [-0.2, -0.15) is 5.10 Å². The summed E-state index contributed by atoms with van der Waals surface area (Å²) in [7, 11) is 1.62. The van der Waals surface area contributed by atoms with Crippen LogP contribution in [0, 0.1) is 0 Å². The van der Waals surface area contributed by atoms with Gasteiger partial charge >= 0.3 is 0 Å². The average Bonchev–Trinajstić information content (AvgIpc) is 2.82. The molecular formula is C11H13N3O2. The predicted octanol–water partition coefficient (Wildman–Crippen LogP) is 0.827. The van der Waals surface area contributed by atoms with E-state index in [-0.39, 0.29) is 6.61 Å². The van der Waals surface area contributed by atoms with E-state index in [0.717, 1.165) is 16.9 Å². The third-order valence-electron chi connectivity index (χ3n) is 2.33. The fourth-order valence-electron chi connectivity index (χ4n) is 1.54. The van der Waals surface area contributed by atoms with Crippen molar-refractivity contribution in [1.82, 2.24) is 14.8 Å². The van der Waals surface area contributed by atoms with Crippen molar-refractivity contribution in [2.45, 2.75) is 13.2 Å². The smallest absolute Gasteiger partial charge is 0.137 e. The van der Waals surface area contributed by atoms with Crippen LogP contribution in [0.15, 0.2) is 30.9 Å². The van der Waals surface area contributed by atoms with Gasteiger partial charge in [-0.15, -0.1) is 0 Å². The summed E-state index contributed by atoms with van der Waals surface area (Å²) in [6.45, 7) is 0.603. The highest BCUT2D eigenvalue weighted by Gasteiger charge is 2.05. The number of methoxy groups -OCH3 is 1. The summed E-state index contributed by atoms with van der Waals surface area (Å²) in [5.74, 6) is 0.785. The SMILES string of the molecule is COc1ccc(CO)cc1Cn1cncn1. The van der Waals surface area contributed by atoms with Crippen molar-refractivity contribution >= 4 is 0 Å². The first-order chi connectivity index (χ1) is 7.83. The number of ether oxygens (including phenoxy) is 1. The molecular weight excluding hydrogens is 206 g/mol. The highest BCUT2D eigenvalue weighted by Crippen LogP contribution is 2.20. The third-order valence-corrected chi connectivity index (χ3v) is 2.33. The van der Waals surface area contributed by atoms with E-state index in [1.807, 2.05) is 18.2 Å². The normalized spacial score (nSPS) is 10.4. The molecule has 0 fully saturated rings. The minimum absolute atomic E-state index is 0.0222. The van der Waals surface area contributed by atoms with Crippen LogP contribution in [0.5, 0.6) is 5.75 Å². The second kappa shape index (κ2) is 4.76. The highest BCUT2D eigenvalue weighted by atomic mass is 16.5. The maximum atomic E-state index is 9.08. The molecule has 0 radical (unpaired) electrons. The molecule has 1 N–H and O–H groups in total. The maximum Gasteiger partial charge on any atom is 0.137 e. The van der Waals surface area contributed by atoms with Gasteiger partial charge in [0.25, 0.3) is 0 Å². The molecule has 0 spiro atoms. The fourth-order valence-corrected chi connectivity index (χ4v) is 1.54. The summed E-state index contributed by atoms with van der Waals surface area (Å²) in [4.78, 5) is 3.88. The molecule has 0 unspecified atom stereocenters. The molecule has 1 heterocycles. The van der Waals surface area contributed by atoms with E-state index in [4.69, 9.17) is 9.84 Å². The molecule has 2 aromatic rings. The molecule has 0 atom stereocenters. The number of rotatable bonds is 4. The quantitative estimate of drug-likeness (QED) is 0.827. The molecule has 16 heavy (non-hydrogen) atoms. The van der Waals surface area contributed by atoms with Crippen molar-refractivity contribution < 1.29 is 9.84 Å². The monoisotopic (exact) mass is 219 g/mol. The van der Waals surface area contributed by atoms with E-state index in [0.29, 0.717) is 6.54 Å². The topological polar surface area (TPSA) is 60.2 Å². The first-order valence-electron chi connectivity index (χ1n) is 4.92. The van der Waals surface area contributed by atoms with Gasteiger partial charge in [0.05, 0.1) is 20.3 Å². The molecule has 2 rings (SSSR count). The van der Waals surface area contributed by atoms with Crippen LogP contribution < -0.4 is 4.74 Å². The molecule has 0 saturated heterocycles. The van der Waals surface area contributed by atoms with Crippen molar-refractivity contribution in [2.24, 2.45) is 0 Å².